The third-order valence-corrected chi connectivity index (χ3v) is 3.79. The van der Waals surface area contributed by atoms with Crippen molar-refractivity contribution in [2.24, 2.45) is 0 Å². The van der Waals surface area contributed by atoms with Crippen LogP contribution >= 0.6 is 0 Å². The number of carbonyl (C=O) groups is 1. The van der Waals surface area contributed by atoms with Gasteiger partial charge in [-0.05, 0) is 49.4 Å². The Kier molecular flexibility index (Phi) is 5.15. The molecule has 0 aliphatic rings. The minimum Gasteiger partial charge on any atom is -0.352 e. The number of hydrogen-bond acceptors (Lipinski definition) is 1. The van der Waals surface area contributed by atoms with Crippen molar-refractivity contribution in [2.75, 3.05) is 0 Å². The molecule has 0 atom stereocenters. The molecule has 0 saturated heterocycles. The molecule has 0 aromatic heterocycles. The van der Waals surface area contributed by atoms with Crippen molar-refractivity contribution >= 4 is 5.91 Å². The predicted molar refractivity (Wildman–Crippen MR) is 87.3 cm³/mol. The first-order valence-corrected chi connectivity index (χ1v) is 7.43. The summed E-state index contributed by atoms with van der Waals surface area (Å²) in [7, 11) is 0. The maximum Gasteiger partial charge on any atom is 0.220 e. The molecule has 0 aliphatic carbocycles. The fourth-order valence-electron chi connectivity index (χ4n) is 2.67. The molecule has 0 saturated carbocycles. The first-order valence-electron chi connectivity index (χ1n) is 7.43. The summed E-state index contributed by atoms with van der Waals surface area (Å²) in [6, 6.07) is 14.4. The van der Waals surface area contributed by atoms with Crippen LogP contribution in [0.1, 0.15) is 34.2 Å². The summed E-state index contributed by atoms with van der Waals surface area (Å²) in [6.45, 7) is 6.92. The van der Waals surface area contributed by atoms with Crippen molar-refractivity contribution in [2.45, 2.75) is 40.2 Å². The summed E-state index contributed by atoms with van der Waals surface area (Å²) in [4.78, 5) is 12.0. The van der Waals surface area contributed by atoms with Gasteiger partial charge >= 0.3 is 0 Å². The van der Waals surface area contributed by atoms with Crippen LogP contribution in [-0.4, -0.2) is 5.91 Å². The van der Waals surface area contributed by atoms with Crippen molar-refractivity contribution in [1.29, 1.82) is 0 Å². The average Bonchev–Trinajstić information content (AvgIpc) is 2.45. The Morgan fingerprint density at radius 2 is 1.62 bits per heavy atom. The molecular formula is C19H23NO. The quantitative estimate of drug-likeness (QED) is 0.886. The van der Waals surface area contributed by atoms with Crippen molar-refractivity contribution < 1.29 is 4.79 Å². The van der Waals surface area contributed by atoms with Crippen LogP contribution in [0.2, 0.25) is 0 Å². The molecule has 0 spiro atoms. The Bertz CT molecular complexity index is 594. The monoisotopic (exact) mass is 281 g/mol. The number of benzene rings is 2. The molecule has 0 radical (unpaired) electrons. The second kappa shape index (κ2) is 7.07. The Balaban J connectivity index is 1.87. The maximum absolute atomic E-state index is 12.0. The van der Waals surface area contributed by atoms with Crippen LogP contribution in [0.5, 0.6) is 0 Å². The number of hydrogen-bond donors (Lipinski definition) is 1. The predicted octanol–water partition coefficient (Wildman–Crippen LogP) is 3.86. The number of aryl methyl sites for hydroxylation is 4. The highest BCUT2D eigenvalue weighted by Gasteiger charge is 2.06. The SMILES string of the molecule is Cc1cc(C)c(CNC(=O)CCc2ccccc2)c(C)c1. The Labute approximate surface area is 127 Å². The van der Waals surface area contributed by atoms with Gasteiger partial charge in [0.25, 0.3) is 0 Å². The molecule has 1 amide bonds. The molecule has 2 rings (SSSR count). The number of rotatable bonds is 5. The van der Waals surface area contributed by atoms with E-state index in [2.05, 4.69) is 50.4 Å². The first-order chi connectivity index (χ1) is 10.1. The van der Waals surface area contributed by atoms with Crippen LogP contribution in [0.3, 0.4) is 0 Å². The van der Waals surface area contributed by atoms with Crippen LogP contribution in [0.15, 0.2) is 42.5 Å². The van der Waals surface area contributed by atoms with Crippen molar-refractivity contribution in [3.05, 3.63) is 70.3 Å². The van der Waals surface area contributed by atoms with Crippen LogP contribution in [0, 0.1) is 20.8 Å². The standard InChI is InChI=1S/C19H23NO/c1-14-11-15(2)18(16(3)12-14)13-20-19(21)10-9-17-7-5-4-6-8-17/h4-8,11-12H,9-10,13H2,1-3H3,(H,20,21). The zero-order valence-corrected chi connectivity index (χ0v) is 13.1. The van der Waals surface area contributed by atoms with E-state index in [9.17, 15) is 4.79 Å². The van der Waals surface area contributed by atoms with E-state index in [0.29, 0.717) is 13.0 Å². The van der Waals surface area contributed by atoms with Gasteiger partial charge in [-0.2, -0.15) is 0 Å². The third kappa shape index (κ3) is 4.45. The van der Waals surface area contributed by atoms with Gasteiger partial charge in [-0.15, -0.1) is 0 Å². The summed E-state index contributed by atoms with van der Waals surface area (Å²) in [5, 5.41) is 3.03. The molecule has 2 aromatic rings. The highest BCUT2D eigenvalue weighted by atomic mass is 16.1. The third-order valence-electron chi connectivity index (χ3n) is 3.79. The lowest BCUT2D eigenvalue weighted by molar-refractivity contribution is -0.121. The number of amides is 1. The van der Waals surface area contributed by atoms with Crippen LogP contribution in [0.4, 0.5) is 0 Å². The fourth-order valence-corrected chi connectivity index (χ4v) is 2.67. The van der Waals surface area contributed by atoms with E-state index < -0.39 is 0 Å². The zero-order valence-electron chi connectivity index (χ0n) is 13.1. The lowest BCUT2D eigenvalue weighted by atomic mass is 10.00. The van der Waals surface area contributed by atoms with Crippen molar-refractivity contribution in [3.63, 3.8) is 0 Å². The highest BCUT2D eigenvalue weighted by molar-refractivity contribution is 5.76. The normalized spacial score (nSPS) is 10.4. The van der Waals surface area contributed by atoms with Crippen LogP contribution in [0.25, 0.3) is 0 Å². The lowest BCUT2D eigenvalue weighted by Crippen LogP contribution is -2.24. The van der Waals surface area contributed by atoms with E-state index in [1.54, 1.807) is 0 Å². The topological polar surface area (TPSA) is 29.1 Å². The largest absolute Gasteiger partial charge is 0.352 e. The van der Waals surface area contributed by atoms with E-state index >= 15 is 0 Å². The van der Waals surface area contributed by atoms with E-state index in [1.807, 2.05) is 18.2 Å². The maximum atomic E-state index is 12.0. The van der Waals surface area contributed by atoms with Gasteiger partial charge in [0, 0.05) is 13.0 Å². The number of nitrogens with one attached hydrogen (secondary N) is 1. The van der Waals surface area contributed by atoms with Crippen molar-refractivity contribution in [1.82, 2.24) is 5.32 Å². The van der Waals surface area contributed by atoms with Crippen molar-refractivity contribution in [3.8, 4) is 0 Å². The van der Waals surface area contributed by atoms with Crippen LogP contribution < -0.4 is 5.32 Å². The van der Waals surface area contributed by atoms with Gasteiger partial charge in [-0.3, -0.25) is 4.79 Å². The van der Waals surface area contributed by atoms with Gasteiger partial charge in [0.15, 0.2) is 0 Å². The van der Waals surface area contributed by atoms with Crippen LogP contribution in [-0.2, 0) is 17.8 Å². The van der Waals surface area contributed by atoms with E-state index in [0.717, 1.165) is 6.42 Å². The molecule has 110 valence electrons. The second-order valence-electron chi connectivity index (χ2n) is 5.64. The Hall–Kier alpha value is -2.09. The molecule has 0 aliphatic heterocycles. The first kappa shape index (κ1) is 15.3. The minimum absolute atomic E-state index is 0.109. The fraction of sp³-hybridized carbons (Fsp3) is 0.316. The molecule has 2 heteroatoms. The summed E-state index contributed by atoms with van der Waals surface area (Å²) < 4.78 is 0. The van der Waals surface area contributed by atoms with E-state index in [-0.39, 0.29) is 5.91 Å². The molecule has 2 nitrogen and oxygen atoms in total. The Morgan fingerprint density at radius 1 is 1.00 bits per heavy atom. The molecule has 1 N–H and O–H groups in total. The van der Waals surface area contributed by atoms with Gasteiger partial charge < -0.3 is 5.32 Å². The summed E-state index contributed by atoms with van der Waals surface area (Å²) >= 11 is 0. The summed E-state index contributed by atoms with van der Waals surface area (Å²) in [5.41, 5.74) is 6.19. The van der Waals surface area contributed by atoms with Gasteiger partial charge in [-0.1, -0.05) is 48.0 Å². The minimum atomic E-state index is 0.109. The molecule has 0 unspecified atom stereocenters. The van der Waals surface area contributed by atoms with E-state index in [1.165, 1.54) is 27.8 Å². The van der Waals surface area contributed by atoms with Gasteiger partial charge in [0.1, 0.15) is 0 Å². The second-order valence-corrected chi connectivity index (χ2v) is 5.64. The molecule has 0 heterocycles. The zero-order chi connectivity index (χ0) is 15.2. The lowest BCUT2D eigenvalue weighted by Gasteiger charge is -2.12. The highest BCUT2D eigenvalue weighted by Crippen LogP contribution is 2.16. The average molecular weight is 281 g/mol. The van der Waals surface area contributed by atoms with E-state index in [4.69, 9.17) is 0 Å². The summed E-state index contributed by atoms with van der Waals surface area (Å²) in [5.74, 6) is 0.109. The molecule has 2 aromatic carbocycles. The molecule has 0 fully saturated rings. The molecule has 21 heavy (non-hydrogen) atoms. The smallest absolute Gasteiger partial charge is 0.220 e. The van der Waals surface area contributed by atoms with Gasteiger partial charge in [-0.25, -0.2) is 0 Å². The number of carbonyl (C=O) groups excluding carboxylic acids is 1. The van der Waals surface area contributed by atoms with Gasteiger partial charge in [0.2, 0.25) is 5.91 Å². The van der Waals surface area contributed by atoms with Gasteiger partial charge in [0.05, 0.1) is 0 Å². The molecule has 0 bridgehead atoms. The molecular weight excluding hydrogens is 258 g/mol. The Morgan fingerprint density at radius 3 is 2.24 bits per heavy atom. The summed E-state index contributed by atoms with van der Waals surface area (Å²) in [6.07, 6.45) is 1.33.